The number of hydrogen-bond acceptors (Lipinski definition) is 5. The van der Waals surface area contributed by atoms with Crippen LogP contribution in [0.25, 0.3) is 0 Å². The van der Waals surface area contributed by atoms with Crippen LogP contribution in [0, 0.1) is 0 Å². The van der Waals surface area contributed by atoms with Crippen molar-refractivity contribution in [2.24, 2.45) is 0 Å². The first-order valence-corrected chi connectivity index (χ1v) is 6.88. The molecule has 0 radical (unpaired) electrons. The minimum absolute atomic E-state index is 0.0250. The minimum Gasteiger partial charge on any atom is -0.303 e. The Labute approximate surface area is 111 Å². The van der Waals surface area contributed by atoms with E-state index in [4.69, 9.17) is 0 Å². The van der Waals surface area contributed by atoms with Gasteiger partial charge in [-0.3, -0.25) is 9.59 Å². The maximum Gasteiger partial charge on any atom is 0.266 e. The molecule has 0 aliphatic rings. The molecule has 0 bridgehead atoms. The van der Waals surface area contributed by atoms with E-state index in [0.717, 1.165) is 7.05 Å². The molecule has 0 saturated carbocycles. The SMILES string of the molecule is CN(C(=O)CCC=O)S(=O)(=O)c1ccc(C=O)cc1. The molecule has 0 heterocycles. The first-order chi connectivity index (χ1) is 8.93. The monoisotopic (exact) mass is 283 g/mol. The molecule has 0 N–H and O–H groups in total. The topological polar surface area (TPSA) is 88.6 Å². The molecule has 1 rings (SSSR count). The summed E-state index contributed by atoms with van der Waals surface area (Å²) in [4.78, 5) is 32.1. The fraction of sp³-hybridized carbons (Fsp3) is 0.250. The number of hydrogen-bond donors (Lipinski definition) is 0. The van der Waals surface area contributed by atoms with Crippen molar-refractivity contribution < 1.29 is 22.8 Å². The molecule has 1 aromatic carbocycles. The molecule has 0 atom stereocenters. The van der Waals surface area contributed by atoms with Gasteiger partial charge in [0.05, 0.1) is 4.90 Å². The van der Waals surface area contributed by atoms with Crippen molar-refractivity contribution in [2.45, 2.75) is 17.7 Å². The summed E-state index contributed by atoms with van der Waals surface area (Å²) in [5, 5.41) is 0. The molecule has 0 aliphatic carbocycles. The van der Waals surface area contributed by atoms with Gasteiger partial charge in [-0.25, -0.2) is 12.7 Å². The van der Waals surface area contributed by atoms with Crippen LogP contribution in [0.5, 0.6) is 0 Å². The molecule has 1 amide bonds. The Morgan fingerprint density at radius 1 is 1.21 bits per heavy atom. The molecule has 7 heteroatoms. The van der Waals surface area contributed by atoms with Gasteiger partial charge in [-0.05, 0) is 12.1 Å². The van der Waals surface area contributed by atoms with Crippen LogP contribution >= 0.6 is 0 Å². The van der Waals surface area contributed by atoms with Gasteiger partial charge in [0.1, 0.15) is 12.6 Å². The van der Waals surface area contributed by atoms with Gasteiger partial charge in [0.15, 0.2) is 0 Å². The van der Waals surface area contributed by atoms with Gasteiger partial charge in [0.25, 0.3) is 10.0 Å². The maximum absolute atomic E-state index is 12.1. The molecule has 0 saturated heterocycles. The number of nitrogens with zero attached hydrogens (tertiary/aromatic N) is 1. The number of carbonyl (C=O) groups excluding carboxylic acids is 3. The van der Waals surface area contributed by atoms with E-state index < -0.39 is 15.9 Å². The maximum atomic E-state index is 12.1. The van der Waals surface area contributed by atoms with Gasteiger partial charge in [-0.1, -0.05) is 12.1 Å². The summed E-state index contributed by atoms with van der Waals surface area (Å²) in [6.07, 6.45) is 0.959. The van der Waals surface area contributed by atoms with Crippen molar-refractivity contribution in [2.75, 3.05) is 7.05 Å². The molecular weight excluding hydrogens is 270 g/mol. The number of rotatable bonds is 6. The molecule has 19 heavy (non-hydrogen) atoms. The molecule has 0 aromatic heterocycles. The van der Waals surface area contributed by atoms with Crippen LogP contribution in [0.2, 0.25) is 0 Å². The van der Waals surface area contributed by atoms with Crippen molar-refractivity contribution in [3.05, 3.63) is 29.8 Å². The second-order valence-corrected chi connectivity index (χ2v) is 5.73. The Kier molecular flexibility index (Phi) is 4.94. The third-order valence-electron chi connectivity index (χ3n) is 2.50. The van der Waals surface area contributed by atoms with Crippen LogP contribution in [-0.2, 0) is 19.6 Å². The lowest BCUT2D eigenvalue weighted by atomic mass is 10.2. The molecule has 102 valence electrons. The zero-order valence-electron chi connectivity index (χ0n) is 10.3. The van der Waals surface area contributed by atoms with Gasteiger partial charge in [0.2, 0.25) is 5.91 Å². The Bertz CT molecular complexity index is 577. The Morgan fingerprint density at radius 2 is 1.79 bits per heavy atom. The Balaban J connectivity index is 2.98. The van der Waals surface area contributed by atoms with Gasteiger partial charge in [0, 0.05) is 25.5 Å². The predicted molar refractivity (Wildman–Crippen MR) is 67.1 cm³/mol. The van der Waals surface area contributed by atoms with Gasteiger partial charge < -0.3 is 4.79 Å². The van der Waals surface area contributed by atoms with E-state index in [-0.39, 0.29) is 17.7 Å². The molecule has 6 nitrogen and oxygen atoms in total. The Hall–Kier alpha value is -2.02. The summed E-state index contributed by atoms with van der Waals surface area (Å²) in [5.74, 6) is -0.661. The first kappa shape index (κ1) is 15.0. The van der Waals surface area contributed by atoms with E-state index in [1.807, 2.05) is 0 Å². The average Bonchev–Trinajstić information content (AvgIpc) is 2.43. The Morgan fingerprint density at radius 3 is 2.26 bits per heavy atom. The lowest BCUT2D eigenvalue weighted by Gasteiger charge is -2.17. The second-order valence-electron chi connectivity index (χ2n) is 3.76. The summed E-state index contributed by atoms with van der Waals surface area (Å²) in [5.41, 5.74) is 0.342. The van der Waals surface area contributed by atoms with E-state index in [0.29, 0.717) is 22.4 Å². The smallest absolute Gasteiger partial charge is 0.266 e. The molecule has 1 aromatic rings. The van der Waals surface area contributed by atoms with Gasteiger partial charge in [-0.15, -0.1) is 0 Å². The lowest BCUT2D eigenvalue weighted by molar-refractivity contribution is -0.126. The van der Waals surface area contributed by atoms with E-state index in [1.165, 1.54) is 24.3 Å². The summed E-state index contributed by atoms with van der Waals surface area (Å²) < 4.78 is 24.7. The molecule has 0 aliphatic heterocycles. The minimum atomic E-state index is -3.94. The summed E-state index contributed by atoms with van der Waals surface area (Å²) in [6.45, 7) is 0. The summed E-state index contributed by atoms with van der Waals surface area (Å²) >= 11 is 0. The van der Waals surface area contributed by atoms with E-state index in [9.17, 15) is 22.8 Å². The number of aldehydes is 2. The van der Waals surface area contributed by atoms with Crippen LogP contribution in [0.15, 0.2) is 29.2 Å². The fourth-order valence-corrected chi connectivity index (χ4v) is 2.51. The lowest BCUT2D eigenvalue weighted by Crippen LogP contribution is -2.33. The molecule has 0 spiro atoms. The highest BCUT2D eigenvalue weighted by atomic mass is 32.2. The molecule has 0 unspecified atom stereocenters. The highest BCUT2D eigenvalue weighted by molar-refractivity contribution is 7.89. The number of sulfonamides is 1. The van der Waals surface area contributed by atoms with E-state index in [1.54, 1.807) is 0 Å². The quantitative estimate of drug-likeness (QED) is 0.714. The van der Waals surface area contributed by atoms with Crippen molar-refractivity contribution in [1.82, 2.24) is 4.31 Å². The van der Waals surface area contributed by atoms with Gasteiger partial charge in [-0.2, -0.15) is 0 Å². The summed E-state index contributed by atoms with van der Waals surface area (Å²) in [7, 11) is -2.81. The van der Waals surface area contributed by atoms with Crippen LogP contribution < -0.4 is 0 Å². The molecule has 0 fully saturated rings. The van der Waals surface area contributed by atoms with Gasteiger partial charge >= 0.3 is 0 Å². The van der Waals surface area contributed by atoms with Crippen LogP contribution in [-0.4, -0.2) is 38.3 Å². The van der Waals surface area contributed by atoms with Crippen LogP contribution in [0.1, 0.15) is 23.2 Å². The highest BCUT2D eigenvalue weighted by Crippen LogP contribution is 2.15. The third kappa shape index (κ3) is 3.47. The number of amides is 1. The predicted octanol–water partition coefficient (Wildman–Crippen LogP) is 0.625. The van der Waals surface area contributed by atoms with Crippen LogP contribution in [0.3, 0.4) is 0 Å². The zero-order valence-corrected chi connectivity index (χ0v) is 11.1. The van der Waals surface area contributed by atoms with Crippen molar-refractivity contribution in [3.8, 4) is 0 Å². The number of carbonyl (C=O) groups is 3. The molecular formula is C12H13NO5S. The van der Waals surface area contributed by atoms with Crippen molar-refractivity contribution >= 4 is 28.5 Å². The van der Waals surface area contributed by atoms with E-state index >= 15 is 0 Å². The summed E-state index contributed by atoms with van der Waals surface area (Å²) in [6, 6.07) is 5.21. The van der Waals surface area contributed by atoms with Crippen LogP contribution in [0.4, 0.5) is 0 Å². The zero-order chi connectivity index (χ0) is 14.5. The second kappa shape index (κ2) is 6.24. The van der Waals surface area contributed by atoms with E-state index in [2.05, 4.69) is 0 Å². The highest BCUT2D eigenvalue weighted by Gasteiger charge is 2.24. The van der Waals surface area contributed by atoms with Crippen molar-refractivity contribution in [3.63, 3.8) is 0 Å². The third-order valence-corrected chi connectivity index (χ3v) is 4.29. The van der Waals surface area contributed by atoms with Crippen molar-refractivity contribution in [1.29, 1.82) is 0 Å². The standard InChI is InChI=1S/C12H13NO5S/c1-13(12(16)3-2-8-14)19(17,18)11-6-4-10(9-15)5-7-11/h4-9H,2-3H2,1H3. The normalized spacial score (nSPS) is 10.8. The average molecular weight is 283 g/mol. The first-order valence-electron chi connectivity index (χ1n) is 5.44. The number of benzene rings is 1. The largest absolute Gasteiger partial charge is 0.303 e. The fourth-order valence-electron chi connectivity index (χ4n) is 1.35.